The topological polar surface area (TPSA) is 29.9 Å². The maximum atomic E-state index is 4.58. The van der Waals surface area contributed by atoms with Gasteiger partial charge < -0.3 is 5.32 Å². The van der Waals surface area contributed by atoms with Crippen molar-refractivity contribution in [2.45, 2.75) is 40.2 Å². The minimum Gasteiger partial charge on any atom is -0.370 e. The Labute approximate surface area is 91.9 Å². The number of nitrogens with zero attached hydrogens (tertiary/aromatic N) is 2. The summed E-state index contributed by atoms with van der Waals surface area (Å²) in [5.74, 6) is 2.72. The number of aryl methyl sites for hydroxylation is 1. The van der Waals surface area contributed by atoms with Gasteiger partial charge in [-0.1, -0.05) is 20.8 Å². The van der Waals surface area contributed by atoms with Gasteiger partial charge in [0, 0.05) is 19.2 Å². The number of hydrogen-bond acceptors (Lipinski definition) is 2. The molecule has 0 radical (unpaired) electrons. The Bertz CT molecular complexity index is 328. The summed E-state index contributed by atoms with van der Waals surface area (Å²) < 4.78 is 2.13. The van der Waals surface area contributed by atoms with Gasteiger partial charge in [-0.15, -0.1) is 0 Å². The molecule has 0 aromatic carbocycles. The molecule has 84 valence electrons. The number of anilines is 1. The van der Waals surface area contributed by atoms with Gasteiger partial charge in [0.1, 0.15) is 5.82 Å². The van der Waals surface area contributed by atoms with E-state index in [-0.39, 0.29) is 0 Å². The molecule has 1 atom stereocenters. The largest absolute Gasteiger partial charge is 0.370 e. The summed E-state index contributed by atoms with van der Waals surface area (Å²) in [4.78, 5) is 0. The van der Waals surface area contributed by atoms with Gasteiger partial charge >= 0.3 is 0 Å². The summed E-state index contributed by atoms with van der Waals surface area (Å²) >= 11 is 0. The predicted octanol–water partition coefficient (Wildman–Crippen LogP) is 2.53. The zero-order valence-electron chi connectivity index (χ0n) is 9.95. The van der Waals surface area contributed by atoms with Crippen molar-refractivity contribution in [1.29, 1.82) is 0 Å². The molecule has 3 nitrogen and oxygen atoms in total. The number of nitrogens with one attached hydrogen (secondary N) is 1. The van der Waals surface area contributed by atoms with Gasteiger partial charge in [0.05, 0.1) is 5.69 Å². The fourth-order valence-electron chi connectivity index (χ4n) is 2.31. The molecule has 15 heavy (non-hydrogen) atoms. The van der Waals surface area contributed by atoms with E-state index in [0.717, 1.165) is 31.3 Å². The van der Waals surface area contributed by atoms with Crippen LogP contribution < -0.4 is 5.32 Å². The van der Waals surface area contributed by atoms with Crippen LogP contribution in [0.2, 0.25) is 0 Å². The van der Waals surface area contributed by atoms with Crippen LogP contribution >= 0.6 is 0 Å². The SMILES string of the molecule is CCc1cc2n(n1)CC(CC(C)C)CN2. The highest BCUT2D eigenvalue weighted by atomic mass is 15.3. The van der Waals surface area contributed by atoms with Crippen molar-refractivity contribution >= 4 is 5.82 Å². The molecule has 0 bridgehead atoms. The van der Waals surface area contributed by atoms with Crippen molar-refractivity contribution in [2.75, 3.05) is 11.9 Å². The van der Waals surface area contributed by atoms with E-state index in [9.17, 15) is 0 Å². The summed E-state index contributed by atoms with van der Waals surface area (Å²) in [7, 11) is 0. The van der Waals surface area contributed by atoms with Gasteiger partial charge in [-0.25, -0.2) is 4.68 Å². The molecule has 1 aromatic rings. The molecule has 0 aliphatic carbocycles. The Kier molecular flexibility index (Phi) is 2.98. The zero-order chi connectivity index (χ0) is 10.8. The highest BCUT2D eigenvalue weighted by Crippen LogP contribution is 2.23. The molecule has 1 N–H and O–H groups in total. The van der Waals surface area contributed by atoms with Crippen LogP contribution in [-0.2, 0) is 13.0 Å². The van der Waals surface area contributed by atoms with Gasteiger partial charge in [0.2, 0.25) is 0 Å². The van der Waals surface area contributed by atoms with E-state index in [0.29, 0.717) is 0 Å². The number of aromatic nitrogens is 2. The molecular weight excluding hydrogens is 186 g/mol. The molecule has 2 heterocycles. The van der Waals surface area contributed by atoms with Crippen LogP contribution in [0.5, 0.6) is 0 Å². The standard InChI is InChI=1S/C12H21N3/c1-4-11-6-12-13-7-10(5-9(2)3)8-15(12)14-11/h6,9-10,13H,4-5,7-8H2,1-3H3. The molecule has 1 aliphatic rings. The minimum atomic E-state index is 0.738. The van der Waals surface area contributed by atoms with Gasteiger partial charge in [-0.05, 0) is 24.7 Å². The fraction of sp³-hybridized carbons (Fsp3) is 0.750. The second kappa shape index (κ2) is 4.25. The van der Waals surface area contributed by atoms with Crippen molar-refractivity contribution < 1.29 is 0 Å². The molecule has 1 unspecified atom stereocenters. The molecular formula is C12H21N3. The van der Waals surface area contributed by atoms with E-state index in [4.69, 9.17) is 0 Å². The molecule has 0 saturated heterocycles. The van der Waals surface area contributed by atoms with E-state index in [1.54, 1.807) is 0 Å². The summed E-state index contributed by atoms with van der Waals surface area (Å²) in [5, 5.41) is 8.05. The molecule has 2 rings (SSSR count). The number of hydrogen-bond donors (Lipinski definition) is 1. The third-order valence-electron chi connectivity index (χ3n) is 3.00. The van der Waals surface area contributed by atoms with E-state index >= 15 is 0 Å². The zero-order valence-corrected chi connectivity index (χ0v) is 9.95. The lowest BCUT2D eigenvalue weighted by molar-refractivity contribution is 0.347. The van der Waals surface area contributed by atoms with E-state index in [2.05, 4.69) is 41.9 Å². The highest BCUT2D eigenvalue weighted by molar-refractivity contribution is 5.38. The van der Waals surface area contributed by atoms with E-state index in [1.165, 1.54) is 17.9 Å². The first-order chi connectivity index (χ1) is 7.19. The first-order valence-electron chi connectivity index (χ1n) is 5.99. The quantitative estimate of drug-likeness (QED) is 0.825. The summed E-state index contributed by atoms with van der Waals surface area (Å²) in [6.45, 7) is 8.92. The van der Waals surface area contributed by atoms with Gasteiger partial charge in [-0.3, -0.25) is 0 Å². The molecule has 0 fully saturated rings. The van der Waals surface area contributed by atoms with Crippen LogP contribution in [0.1, 0.15) is 32.9 Å². The monoisotopic (exact) mass is 207 g/mol. The molecule has 1 aliphatic heterocycles. The highest BCUT2D eigenvalue weighted by Gasteiger charge is 2.20. The van der Waals surface area contributed by atoms with Crippen molar-refractivity contribution in [3.63, 3.8) is 0 Å². The Morgan fingerprint density at radius 1 is 1.60 bits per heavy atom. The summed E-state index contributed by atoms with van der Waals surface area (Å²) in [6.07, 6.45) is 2.31. The Morgan fingerprint density at radius 3 is 3.07 bits per heavy atom. The molecule has 0 spiro atoms. The third-order valence-corrected chi connectivity index (χ3v) is 3.00. The lowest BCUT2D eigenvalue weighted by atomic mass is 9.96. The number of fused-ring (bicyclic) bond motifs is 1. The van der Waals surface area contributed by atoms with Gasteiger partial charge in [0.15, 0.2) is 0 Å². The van der Waals surface area contributed by atoms with Gasteiger partial charge in [0.25, 0.3) is 0 Å². The van der Waals surface area contributed by atoms with E-state index < -0.39 is 0 Å². The summed E-state index contributed by atoms with van der Waals surface area (Å²) in [5.41, 5.74) is 1.20. The van der Waals surface area contributed by atoms with Crippen molar-refractivity contribution in [3.8, 4) is 0 Å². The normalized spacial score (nSPS) is 20.1. The van der Waals surface area contributed by atoms with Crippen molar-refractivity contribution in [2.24, 2.45) is 11.8 Å². The maximum Gasteiger partial charge on any atom is 0.124 e. The summed E-state index contributed by atoms with van der Waals surface area (Å²) in [6, 6.07) is 2.17. The Morgan fingerprint density at radius 2 is 2.40 bits per heavy atom. The Hall–Kier alpha value is -0.990. The van der Waals surface area contributed by atoms with Crippen LogP contribution in [0, 0.1) is 11.8 Å². The number of rotatable bonds is 3. The molecule has 1 aromatic heterocycles. The second-order valence-corrected chi connectivity index (χ2v) is 4.93. The lowest BCUT2D eigenvalue weighted by Gasteiger charge is -2.26. The van der Waals surface area contributed by atoms with Crippen LogP contribution in [0.15, 0.2) is 6.07 Å². The molecule has 0 saturated carbocycles. The Balaban J connectivity index is 2.05. The van der Waals surface area contributed by atoms with Crippen LogP contribution in [0.3, 0.4) is 0 Å². The van der Waals surface area contributed by atoms with E-state index in [1.807, 2.05) is 0 Å². The average molecular weight is 207 g/mol. The third kappa shape index (κ3) is 2.33. The molecule has 3 heteroatoms. The van der Waals surface area contributed by atoms with Crippen LogP contribution in [0.4, 0.5) is 5.82 Å². The smallest absolute Gasteiger partial charge is 0.124 e. The van der Waals surface area contributed by atoms with Gasteiger partial charge in [-0.2, -0.15) is 5.10 Å². The first-order valence-corrected chi connectivity index (χ1v) is 5.99. The molecule has 0 amide bonds. The average Bonchev–Trinajstić information content (AvgIpc) is 2.58. The predicted molar refractivity (Wildman–Crippen MR) is 63.0 cm³/mol. The van der Waals surface area contributed by atoms with Crippen molar-refractivity contribution in [3.05, 3.63) is 11.8 Å². The minimum absolute atomic E-state index is 0.738. The lowest BCUT2D eigenvalue weighted by Crippen LogP contribution is -2.28. The first kappa shape index (κ1) is 10.5. The van der Waals surface area contributed by atoms with Crippen molar-refractivity contribution in [1.82, 2.24) is 9.78 Å². The fourth-order valence-corrected chi connectivity index (χ4v) is 2.31. The maximum absolute atomic E-state index is 4.58. The van der Waals surface area contributed by atoms with Crippen LogP contribution in [-0.4, -0.2) is 16.3 Å². The second-order valence-electron chi connectivity index (χ2n) is 4.93. The van der Waals surface area contributed by atoms with Crippen LogP contribution in [0.25, 0.3) is 0 Å².